The minimum Gasteiger partial charge on any atom is -0.383 e. The van der Waals surface area contributed by atoms with Crippen molar-refractivity contribution in [1.29, 1.82) is 0 Å². The van der Waals surface area contributed by atoms with Crippen LogP contribution in [0.4, 0.5) is 19.0 Å². The van der Waals surface area contributed by atoms with Gasteiger partial charge in [0.1, 0.15) is 17.2 Å². The highest BCUT2D eigenvalue weighted by atomic mass is 19.2. The van der Waals surface area contributed by atoms with Gasteiger partial charge in [-0.15, -0.1) is 0 Å². The quantitative estimate of drug-likeness (QED) is 0.693. The van der Waals surface area contributed by atoms with Crippen LogP contribution in [0, 0.1) is 24.4 Å². The number of hydrogen-bond acceptors (Lipinski definition) is 2. The Bertz CT molecular complexity index is 801. The second kappa shape index (κ2) is 4.26. The molecular weight excluding hydrogens is 267 g/mol. The molecule has 20 heavy (non-hydrogen) atoms. The average molecular weight is 277 g/mol. The van der Waals surface area contributed by atoms with E-state index in [2.05, 4.69) is 4.98 Å². The van der Waals surface area contributed by atoms with Gasteiger partial charge < -0.3 is 5.73 Å². The number of anilines is 1. The van der Waals surface area contributed by atoms with Gasteiger partial charge in [0.2, 0.25) is 0 Å². The molecule has 6 heteroatoms. The molecule has 102 valence electrons. The molecule has 0 aliphatic heterocycles. The molecule has 1 aromatic carbocycles. The molecule has 0 aliphatic rings. The number of nitrogens with zero attached hydrogens (tertiary/aromatic N) is 2. The first-order chi connectivity index (χ1) is 9.47. The number of aromatic nitrogens is 2. The van der Waals surface area contributed by atoms with Crippen LogP contribution in [0.15, 0.2) is 30.5 Å². The first kappa shape index (κ1) is 12.5. The molecule has 2 heterocycles. The van der Waals surface area contributed by atoms with Crippen LogP contribution in [0.3, 0.4) is 0 Å². The third-order valence-corrected chi connectivity index (χ3v) is 3.06. The summed E-state index contributed by atoms with van der Waals surface area (Å²) in [4.78, 5) is 4.22. The van der Waals surface area contributed by atoms with E-state index < -0.39 is 17.5 Å². The molecule has 0 saturated carbocycles. The summed E-state index contributed by atoms with van der Waals surface area (Å²) < 4.78 is 41.2. The lowest BCUT2D eigenvalue weighted by molar-refractivity contribution is 0.447. The summed E-state index contributed by atoms with van der Waals surface area (Å²) in [6.07, 6.45) is 1.76. The zero-order valence-corrected chi connectivity index (χ0v) is 10.5. The van der Waals surface area contributed by atoms with Gasteiger partial charge in [-0.25, -0.2) is 18.2 Å². The molecule has 0 aliphatic carbocycles. The van der Waals surface area contributed by atoms with E-state index in [9.17, 15) is 13.2 Å². The summed E-state index contributed by atoms with van der Waals surface area (Å²) >= 11 is 0. The molecule has 3 aromatic rings. The molecule has 2 N–H and O–H groups in total. The average Bonchev–Trinajstić information content (AvgIpc) is 2.73. The number of benzene rings is 1. The summed E-state index contributed by atoms with van der Waals surface area (Å²) in [7, 11) is 0. The van der Waals surface area contributed by atoms with E-state index in [4.69, 9.17) is 5.73 Å². The van der Waals surface area contributed by atoms with Gasteiger partial charge in [0.15, 0.2) is 17.5 Å². The van der Waals surface area contributed by atoms with Crippen molar-refractivity contribution in [2.45, 2.75) is 6.92 Å². The van der Waals surface area contributed by atoms with Crippen molar-refractivity contribution >= 4 is 11.5 Å². The Kier molecular flexibility index (Phi) is 2.67. The molecular formula is C14H10F3N3. The van der Waals surface area contributed by atoms with Gasteiger partial charge in [-0.1, -0.05) is 6.07 Å². The van der Waals surface area contributed by atoms with Gasteiger partial charge in [0, 0.05) is 11.8 Å². The SMILES string of the molecule is Cc1ccc2nc(-c3cc(F)c(F)c(F)c3)c(N)n2c1. The standard InChI is InChI=1S/C14H10F3N3/c1-7-2-3-11-19-13(14(18)20(11)6-7)8-4-9(15)12(17)10(16)5-8/h2-6H,18H2,1H3. The lowest BCUT2D eigenvalue weighted by atomic mass is 10.1. The third-order valence-electron chi connectivity index (χ3n) is 3.06. The maximum Gasteiger partial charge on any atom is 0.194 e. The Balaban J connectivity index is 2.27. The Morgan fingerprint density at radius 2 is 1.75 bits per heavy atom. The first-order valence-corrected chi connectivity index (χ1v) is 5.86. The Labute approximate surface area is 112 Å². The highest BCUT2D eigenvalue weighted by Crippen LogP contribution is 2.28. The number of pyridine rings is 1. The van der Waals surface area contributed by atoms with Crippen LogP contribution >= 0.6 is 0 Å². The molecule has 0 unspecified atom stereocenters. The summed E-state index contributed by atoms with van der Waals surface area (Å²) in [6, 6.07) is 5.34. The van der Waals surface area contributed by atoms with Gasteiger partial charge in [-0.05, 0) is 30.7 Å². The highest BCUT2D eigenvalue weighted by Gasteiger charge is 2.16. The largest absolute Gasteiger partial charge is 0.383 e. The van der Waals surface area contributed by atoms with E-state index in [0.717, 1.165) is 17.7 Å². The van der Waals surface area contributed by atoms with Crippen molar-refractivity contribution in [1.82, 2.24) is 9.38 Å². The normalized spacial score (nSPS) is 11.2. The molecule has 0 amide bonds. The lowest BCUT2D eigenvalue weighted by Crippen LogP contribution is -1.96. The molecule has 0 atom stereocenters. The summed E-state index contributed by atoms with van der Waals surface area (Å²) in [6.45, 7) is 1.88. The van der Waals surface area contributed by atoms with Gasteiger partial charge in [-0.3, -0.25) is 4.40 Å². The Hall–Kier alpha value is -2.50. The minimum absolute atomic E-state index is 0.0975. The fourth-order valence-electron chi connectivity index (χ4n) is 2.07. The number of halogens is 3. The molecule has 0 fully saturated rings. The highest BCUT2D eigenvalue weighted by molar-refractivity contribution is 5.75. The second-order valence-corrected chi connectivity index (χ2v) is 4.53. The lowest BCUT2D eigenvalue weighted by Gasteiger charge is -2.02. The van der Waals surface area contributed by atoms with Gasteiger partial charge in [0.05, 0.1) is 0 Å². The number of nitrogens with two attached hydrogens (primary N) is 1. The van der Waals surface area contributed by atoms with E-state index in [1.807, 2.05) is 13.0 Å². The van der Waals surface area contributed by atoms with E-state index >= 15 is 0 Å². The molecule has 0 saturated heterocycles. The minimum atomic E-state index is -1.51. The predicted octanol–water partition coefficient (Wildman–Crippen LogP) is 3.31. The maximum absolute atomic E-state index is 13.3. The zero-order valence-electron chi connectivity index (χ0n) is 10.5. The van der Waals surface area contributed by atoms with Crippen LogP contribution in [0.25, 0.3) is 16.9 Å². The van der Waals surface area contributed by atoms with Crippen LogP contribution in [-0.4, -0.2) is 9.38 Å². The van der Waals surface area contributed by atoms with Crippen molar-refractivity contribution in [3.8, 4) is 11.3 Å². The second-order valence-electron chi connectivity index (χ2n) is 4.53. The number of aryl methyl sites for hydroxylation is 1. The number of imidazole rings is 1. The summed E-state index contributed by atoms with van der Waals surface area (Å²) in [5.41, 5.74) is 7.77. The van der Waals surface area contributed by atoms with E-state index in [-0.39, 0.29) is 17.1 Å². The number of nitrogen functional groups attached to an aromatic ring is 1. The summed E-state index contributed by atoms with van der Waals surface area (Å²) in [5, 5.41) is 0. The number of hydrogen-bond donors (Lipinski definition) is 1. The fourth-order valence-corrected chi connectivity index (χ4v) is 2.07. The van der Waals surface area contributed by atoms with E-state index in [1.165, 1.54) is 0 Å². The van der Waals surface area contributed by atoms with Crippen LogP contribution in [0.1, 0.15) is 5.56 Å². The maximum atomic E-state index is 13.3. The van der Waals surface area contributed by atoms with E-state index in [0.29, 0.717) is 5.65 Å². The predicted molar refractivity (Wildman–Crippen MR) is 69.7 cm³/mol. The van der Waals surface area contributed by atoms with Gasteiger partial charge >= 0.3 is 0 Å². The topological polar surface area (TPSA) is 43.3 Å². The summed E-state index contributed by atoms with van der Waals surface area (Å²) in [5.74, 6) is -3.80. The Morgan fingerprint density at radius 1 is 1.10 bits per heavy atom. The smallest absolute Gasteiger partial charge is 0.194 e. The molecule has 2 aromatic heterocycles. The molecule has 0 spiro atoms. The number of fused-ring (bicyclic) bond motifs is 1. The van der Waals surface area contributed by atoms with Crippen LogP contribution < -0.4 is 5.73 Å². The third kappa shape index (κ3) is 1.80. The van der Waals surface area contributed by atoms with Crippen LogP contribution in [-0.2, 0) is 0 Å². The monoisotopic (exact) mass is 277 g/mol. The van der Waals surface area contributed by atoms with Crippen LogP contribution in [0.5, 0.6) is 0 Å². The van der Waals surface area contributed by atoms with E-state index in [1.54, 1.807) is 16.7 Å². The molecule has 0 bridgehead atoms. The zero-order chi connectivity index (χ0) is 14.4. The molecule has 3 rings (SSSR count). The van der Waals surface area contributed by atoms with Crippen LogP contribution in [0.2, 0.25) is 0 Å². The molecule has 0 radical (unpaired) electrons. The van der Waals surface area contributed by atoms with Crippen molar-refractivity contribution < 1.29 is 13.2 Å². The Morgan fingerprint density at radius 3 is 2.40 bits per heavy atom. The van der Waals surface area contributed by atoms with Gasteiger partial charge in [0.25, 0.3) is 0 Å². The van der Waals surface area contributed by atoms with Crippen molar-refractivity contribution in [2.75, 3.05) is 5.73 Å². The van der Waals surface area contributed by atoms with Crippen molar-refractivity contribution in [3.05, 3.63) is 53.5 Å². The van der Waals surface area contributed by atoms with Crippen molar-refractivity contribution in [2.24, 2.45) is 0 Å². The van der Waals surface area contributed by atoms with Crippen molar-refractivity contribution in [3.63, 3.8) is 0 Å². The number of rotatable bonds is 1. The molecule has 3 nitrogen and oxygen atoms in total. The van der Waals surface area contributed by atoms with Gasteiger partial charge in [-0.2, -0.15) is 0 Å². The fraction of sp³-hybridized carbons (Fsp3) is 0.0714. The first-order valence-electron chi connectivity index (χ1n) is 5.86.